The first-order chi connectivity index (χ1) is 15.3. The monoisotopic (exact) mass is 487 g/mol. The molecule has 0 saturated heterocycles. The number of benzene rings is 1. The lowest BCUT2D eigenvalue weighted by Gasteiger charge is -2.16. The molecule has 0 atom stereocenters. The number of pyridine rings is 1. The van der Waals surface area contributed by atoms with Gasteiger partial charge in [-0.1, -0.05) is 6.08 Å². The maximum Gasteiger partial charge on any atom is 0.417 e. The number of ether oxygens (including phenoxy) is 1. The number of carbonyl (C=O) groups is 1. The maximum atomic E-state index is 13.9. The second-order valence-electron chi connectivity index (χ2n) is 6.75. The Labute approximate surface area is 184 Å². The van der Waals surface area contributed by atoms with Crippen LogP contribution >= 0.6 is 0 Å². The largest absolute Gasteiger partial charge is 0.435 e. The fourth-order valence-corrected chi connectivity index (χ4v) is 3.23. The molecule has 1 amide bonds. The van der Waals surface area contributed by atoms with Crippen molar-refractivity contribution in [3.63, 3.8) is 0 Å². The van der Waals surface area contributed by atoms with Crippen molar-refractivity contribution in [2.45, 2.75) is 12.6 Å². The van der Waals surface area contributed by atoms with E-state index in [2.05, 4.69) is 14.7 Å². The second kappa shape index (κ2) is 9.10. The SMILES string of the molecule is CS(=O)(=O)N=C1C=CC=C(NC(=O)c2cc(C(F)(F)F)cnc2Oc2ccc(F)cc2F)C1. The summed E-state index contributed by atoms with van der Waals surface area (Å²) in [5, 5.41) is 2.33. The predicted octanol–water partition coefficient (Wildman–Crippen LogP) is 4.15. The van der Waals surface area contributed by atoms with Crippen LogP contribution in [0.3, 0.4) is 0 Å². The molecule has 33 heavy (non-hydrogen) atoms. The number of nitrogens with zero attached hydrogens (tertiary/aromatic N) is 2. The van der Waals surface area contributed by atoms with Gasteiger partial charge in [-0.05, 0) is 30.4 Å². The summed E-state index contributed by atoms with van der Waals surface area (Å²) in [6, 6.07) is 2.68. The van der Waals surface area contributed by atoms with E-state index >= 15 is 0 Å². The first kappa shape index (κ1) is 24.0. The van der Waals surface area contributed by atoms with Crippen LogP contribution in [0.4, 0.5) is 22.0 Å². The lowest BCUT2D eigenvalue weighted by Crippen LogP contribution is -2.26. The van der Waals surface area contributed by atoms with Gasteiger partial charge in [-0.25, -0.2) is 22.2 Å². The molecule has 0 fully saturated rings. The molecule has 1 aliphatic rings. The van der Waals surface area contributed by atoms with Gasteiger partial charge < -0.3 is 10.1 Å². The Balaban J connectivity index is 1.94. The van der Waals surface area contributed by atoms with Crippen molar-refractivity contribution in [1.82, 2.24) is 10.3 Å². The van der Waals surface area contributed by atoms with Gasteiger partial charge in [-0.15, -0.1) is 0 Å². The van der Waals surface area contributed by atoms with Gasteiger partial charge in [0, 0.05) is 24.4 Å². The molecule has 0 unspecified atom stereocenters. The molecular weight excluding hydrogens is 473 g/mol. The summed E-state index contributed by atoms with van der Waals surface area (Å²) in [6.07, 6.45) is 0.450. The average Bonchev–Trinajstić information content (AvgIpc) is 2.68. The Morgan fingerprint density at radius 3 is 2.58 bits per heavy atom. The summed E-state index contributed by atoms with van der Waals surface area (Å²) in [4.78, 5) is 16.2. The van der Waals surface area contributed by atoms with Crippen LogP contribution in [0.1, 0.15) is 22.3 Å². The van der Waals surface area contributed by atoms with E-state index in [1.165, 1.54) is 18.2 Å². The van der Waals surface area contributed by atoms with Gasteiger partial charge in [0.05, 0.1) is 17.5 Å². The van der Waals surface area contributed by atoms with E-state index in [1.807, 2.05) is 0 Å². The zero-order chi connectivity index (χ0) is 24.4. The molecule has 1 heterocycles. The minimum absolute atomic E-state index is 0.0855. The van der Waals surface area contributed by atoms with Crippen molar-refractivity contribution < 1.29 is 39.9 Å². The molecule has 7 nitrogen and oxygen atoms in total. The van der Waals surface area contributed by atoms with Gasteiger partial charge in [-0.2, -0.15) is 17.6 Å². The van der Waals surface area contributed by atoms with E-state index in [1.54, 1.807) is 0 Å². The maximum absolute atomic E-state index is 13.9. The van der Waals surface area contributed by atoms with E-state index < -0.39 is 56.5 Å². The Bertz CT molecular complexity index is 1300. The number of aromatic nitrogens is 1. The Kier molecular flexibility index (Phi) is 6.63. The number of carbonyl (C=O) groups excluding carboxylic acids is 1. The molecule has 174 valence electrons. The van der Waals surface area contributed by atoms with Gasteiger partial charge in [0.15, 0.2) is 11.6 Å². The Morgan fingerprint density at radius 1 is 1.21 bits per heavy atom. The first-order valence-corrected chi connectivity index (χ1v) is 10.8. The number of nitrogens with one attached hydrogen (secondary N) is 1. The van der Waals surface area contributed by atoms with Crippen LogP contribution < -0.4 is 10.1 Å². The van der Waals surface area contributed by atoms with Crippen LogP contribution in [0.15, 0.2) is 58.8 Å². The molecule has 2 aromatic rings. The number of allylic oxidation sites excluding steroid dienone is 4. The van der Waals surface area contributed by atoms with E-state index in [-0.39, 0.29) is 17.8 Å². The molecule has 1 aliphatic carbocycles. The van der Waals surface area contributed by atoms with Gasteiger partial charge in [0.2, 0.25) is 15.9 Å². The topological polar surface area (TPSA) is 97.7 Å². The molecule has 1 aromatic heterocycles. The van der Waals surface area contributed by atoms with Gasteiger partial charge in [0.25, 0.3) is 5.91 Å². The number of amides is 1. The normalized spacial score (nSPS) is 15.3. The molecular formula is C20H14F5N3O4S. The third kappa shape index (κ3) is 6.44. The number of alkyl halides is 3. The fraction of sp³-hybridized carbons (Fsp3) is 0.150. The van der Waals surface area contributed by atoms with Crippen LogP contribution in [0.5, 0.6) is 11.6 Å². The molecule has 1 N–H and O–H groups in total. The van der Waals surface area contributed by atoms with Crippen molar-refractivity contribution in [3.8, 4) is 11.6 Å². The first-order valence-electron chi connectivity index (χ1n) is 8.99. The average molecular weight is 487 g/mol. The minimum atomic E-state index is -4.84. The zero-order valence-electron chi connectivity index (χ0n) is 16.7. The molecule has 0 aliphatic heterocycles. The van der Waals surface area contributed by atoms with Crippen LogP contribution in [-0.4, -0.2) is 31.3 Å². The van der Waals surface area contributed by atoms with Gasteiger partial charge >= 0.3 is 6.18 Å². The third-order valence-corrected chi connectivity index (χ3v) is 4.60. The Hall–Kier alpha value is -3.61. The lowest BCUT2D eigenvalue weighted by atomic mass is 10.1. The van der Waals surface area contributed by atoms with E-state index in [4.69, 9.17) is 4.74 Å². The molecule has 3 rings (SSSR count). The summed E-state index contributed by atoms with van der Waals surface area (Å²) in [6.45, 7) is 0. The highest BCUT2D eigenvalue weighted by Gasteiger charge is 2.33. The number of hydrogen-bond acceptors (Lipinski definition) is 5. The van der Waals surface area contributed by atoms with E-state index in [9.17, 15) is 35.2 Å². The zero-order valence-corrected chi connectivity index (χ0v) is 17.5. The van der Waals surface area contributed by atoms with Gasteiger partial charge in [-0.3, -0.25) is 4.79 Å². The van der Waals surface area contributed by atoms with Crippen molar-refractivity contribution in [1.29, 1.82) is 0 Å². The third-order valence-electron chi connectivity index (χ3n) is 4.04. The highest BCUT2D eigenvalue weighted by molar-refractivity contribution is 7.89. The predicted molar refractivity (Wildman–Crippen MR) is 107 cm³/mol. The molecule has 13 heteroatoms. The standard InChI is InChI=1S/C20H14F5N3O4S/c1-33(30,31)28-14-4-2-3-13(9-14)27-18(29)15-7-11(20(23,24)25)10-26-19(15)32-17-6-5-12(21)8-16(17)22/h2-8,10H,9H2,1H3,(H,27,29). The number of hydrogen-bond donors (Lipinski definition) is 1. The summed E-state index contributed by atoms with van der Waals surface area (Å²) in [7, 11) is -3.72. The number of sulfonamides is 1. The Morgan fingerprint density at radius 2 is 1.94 bits per heavy atom. The minimum Gasteiger partial charge on any atom is -0.435 e. The molecule has 0 bridgehead atoms. The molecule has 0 radical (unpaired) electrons. The molecule has 0 spiro atoms. The van der Waals surface area contributed by atoms with Crippen LogP contribution in [0.2, 0.25) is 0 Å². The lowest BCUT2D eigenvalue weighted by molar-refractivity contribution is -0.137. The van der Waals surface area contributed by atoms with Crippen molar-refractivity contribution in [3.05, 3.63) is 77.1 Å². The summed E-state index contributed by atoms with van der Waals surface area (Å²) in [5.41, 5.74) is -1.74. The van der Waals surface area contributed by atoms with Crippen molar-refractivity contribution in [2.75, 3.05) is 6.26 Å². The van der Waals surface area contributed by atoms with Crippen molar-refractivity contribution >= 4 is 21.6 Å². The van der Waals surface area contributed by atoms with Gasteiger partial charge in [0.1, 0.15) is 11.4 Å². The molecule has 1 aromatic carbocycles. The highest BCUT2D eigenvalue weighted by atomic mass is 32.2. The summed E-state index contributed by atoms with van der Waals surface area (Å²) >= 11 is 0. The molecule has 0 saturated carbocycles. The highest BCUT2D eigenvalue weighted by Crippen LogP contribution is 2.33. The summed E-state index contributed by atoms with van der Waals surface area (Å²) in [5.74, 6) is -4.40. The van der Waals surface area contributed by atoms with Crippen molar-refractivity contribution in [2.24, 2.45) is 4.40 Å². The van der Waals surface area contributed by atoms with Crippen LogP contribution in [-0.2, 0) is 16.2 Å². The van der Waals surface area contributed by atoms with Crippen LogP contribution in [0.25, 0.3) is 0 Å². The van der Waals surface area contributed by atoms with E-state index in [0.717, 1.165) is 18.4 Å². The van der Waals surface area contributed by atoms with Crippen LogP contribution in [0, 0.1) is 11.6 Å². The fourth-order valence-electron chi connectivity index (χ4n) is 2.68. The number of rotatable bonds is 5. The number of halogens is 5. The second-order valence-corrected chi connectivity index (χ2v) is 8.40. The quantitative estimate of drug-likeness (QED) is 0.640. The van der Waals surface area contributed by atoms with E-state index in [0.29, 0.717) is 18.3 Å². The summed E-state index contributed by atoms with van der Waals surface area (Å²) < 4.78 is 97.8. The smallest absolute Gasteiger partial charge is 0.417 e.